The van der Waals surface area contributed by atoms with E-state index in [0.717, 1.165) is 12.2 Å². The Kier molecular flexibility index (Phi) is 3.09. The Morgan fingerprint density at radius 3 is 2.69 bits per heavy atom. The maximum absolute atomic E-state index is 5.73. The number of aromatic nitrogens is 2. The highest BCUT2D eigenvalue weighted by molar-refractivity contribution is 6.29. The van der Waals surface area contributed by atoms with Gasteiger partial charge in [0, 0.05) is 11.6 Å². The highest BCUT2D eigenvalue weighted by Gasteiger charge is 2.14. The predicted molar refractivity (Wildman–Crippen MR) is 55.0 cm³/mol. The Labute approximate surface area is 83.5 Å². The van der Waals surface area contributed by atoms with Gasteiger partial charge in [-0.1, -0.05) is 18.5 Å². The second-order valence-electron chi connectivity index (χ2n) is 3.59. The van der Waals surface area contributed by atoms with Gasteiger partial charge in [-0.05, 0) is 20.3 Å². The van der Waals surface area contributed by atoms with Crippen molar-refractivity contribution < 1.29 is 0 Å². The van der Waals surface area contributed by atoms with Crippen LogP contribution in [-0.2, 0) is 0 Å². The summed E-state index contributed by atoms with van der Waals surface area (Å²) < 4.78 is 0. The maximum atomic E-state index is 5.73. The smallest absolute Gasteiger partial charge is 0.134 e. The number of halogens is 1. The number of nitrogens with one attached hydrogen (secondary N) is 1. The van der Waals surface area contributed by atoms with Crippen LogP contribution in [0.2, 0.25) is 5.15 Å². The molecule has 0 radical (unpaired) electrons. The minimum Gasteiger partial charge on any atom is -0.365 e. The fourth-order valence-corrected chi connectivity index (χ4v) is 0.984. The van der Waals surface area contributed by atoms with Crippen LogP contribution in [0, 0.1) is 0 Å². The molecule has 0 aromatic carbocycles. The molecule has 13 heavy (non-hydrogen) atoms. The van der Waals surface area contributed by atoms with Crippen LogP contribution >= 0.6 is 11.6 Å². The molecule has 4 heteroatoms. The molecule has 3 nitrogen and oxygen atoms in total. The summed E-state index contributed by atoms with van der Waals surface area (Å²) in [6, 6.07) is 1.72. The standard InChI is InChI=1S/C9H14ClN3/c1-4-9(2,3)13-8-5-7(10)11-6-12-8/h5-6H,4H2,1-3H3,(H,11,12,13). The van der Waals surface area contributed by atoms with Crippen LogP contribution < -0.4 is 5.32 Å². The average Bonchev–Trinajstić information content (AvgIpc) is 2.03. The van der Waals surface area contributed by atoms with E-state index in [9.17, 15) is 0 Å². The zero-order chi connectivity index (χ0) is 9.90. The van der Waals surface area contributed by atoms with Crippen LogP contribution in [0.4, 0.5) is 5.82 Å². The topological polar surface area (TPSA) is 37.8 Å². The zero-order valence-corrected chi connectivity index (χ0v) is 8.89. The molecule has 1 heterocycles. The number of hydrogen-bond acceptors (Lipinski definition) is 3. The van der Waals surface area contributed by atoms with Crippen molar-refractivity contribution in [1.82, 2.24) is 9.97 Å². The molecular weight excluding hydrogens is 186 g/mol. The molecule has 72 valence electrons. The van der Waals surface area contributed by atoms with Crippen molar-refractivity contribution in [2.45, 2.75) is 32.7 Å². The van der Waals surface area contributed by atoms with E-state index >= 15 is 0 Å². The van der Waals surface area contributed by atoms with Gasteiger partial charge in [0.1, 0.15) is 17.3 Å². The third-order valence-corrected chi connectivity index (χ3v) is 2.19. The number of nitrogens with zero attached hydrogens (tertiary/aromatic N) is 2. The molecule has 0 saturated heterocycles. The van der Waals surface area contributed by atoms with Crippen molar-refractivity contribution in [3.05, 3.63) is 17.5 Å². The molecule has 0 spiro atoms. The maximum Gasteiger partial charge on any atom is 0.134 e. The van der Waals surface area contributed by atoms with E-state index in [1.54, 1.807) is 6.07 Å². The molecule has 0 bridgehead atoms. The van der Waals surface area contributed by atoms with Crippen LogP contribution in [-0.4, -0.2) is 15.5 Å². The summed E-state index contributed by atoms with van der Waals surface area (Å²) in [6.45, 7) is 6.35. The van der Waals surface area contributed by atoms with Gasteiger partial charge >= 0.3 is 0 Å². The second-order valence-corrected chi connectivity index (χ2v) is 3.98. The third kappa shape index (κ3) is 3.19. The molecular formula is C9H14ClN3. The molecule has 0 atom stereocenters. The molecule has 1 N–H and O–H groups in total. The molecule has 0 amide bonds. The van der Waals surface area contributed by atoms with Crippen molar-refractivity contribution in [3.8, 4) is 0 Å². The Hall–Kier alpha value is -0.830. The van der Waals surface area contributed by atoms with Gasteiger partial charge < -0.3 is 5.32 Å². The van der Waals surface area contributed by atoms with Gasteiger partial charge in [0.05, 0.1) is 0 Å². The number of anilines is 1. The highest BCUT2D eigenvalue weighted by atomic mass is 35.5. The molecule has 0 aliphatic carbocycles. The monoisotopic (exact) mass is 199 g/mol. The summed E-state index contributed by atoms with van der Waals surface area (Å²) in [5.41, 5.74) is 0.0394. The predicted octanol–water partition coefficient (Wildman–Crippen LogP) is 2.73. The molecule has 0 saturated carbocycles. The van der Waals surface area contributed by atoms with E-state index in [1.807, 2.05) is 0 Å². The largest absolute Gasteiger partial charge is 0.365 e. The molecule has 1 aromatic rings. The van der Waals surface area contributed by atoms with Crippen LogP contribution in [0.15, 0.2) is 12.4 Å². The normalized spacial score (nSPS) is 11.4. The van der Waals surface area contributed by atoms with Gasteiger partial charge in [-0.2, -0.15) is 0 Å². The minimum absolute atomic E-state index is 0.0394. The van der Waals surface area contributed by atoms with E-state index in [1.165, 1.54) is 6.33 Å². The fraction of sp³-hybridized carbons (Fsp3) is 0.556. The van der Waals surface area contributed by atoms with E-state index in [4.69, 9.17) is 11.6 Å². The first kappa shape index (κ1) is 10.3. The zero-order valence-electron chi connectivity index (χ0n) is 8.13. The van der Waals surface area contributed by atoms with Gasteiger partial charge in [0.2, 0.25) is 0 Å². The SMILES string of the molecule is CCC(C)(C)Nc1cc(Cl)ncn1. The molecule has 0 fully saturated rings. The van der Waals surface area contributed by atoms with Crippen molar-refractivity contribution >= 4 is 17.4 Å². The summed E-state index contributed by atoms with van der Waals surface area (Å²) in [5.74, 6) is 0.770. The van der Waals surface area contributed by atoms with E-state index in [2.05, 4.69) is 36.1 Å². The lowest BCUT2D eigenvalue weighted by Crippen LogP contribution is -2.30. The minimum atomic E-state index is 0.0394. The Morgan fingerprint density at radius 1 is 1.46 bits per heavy atom. The van der Waals surface area contributed by atoms with E-state index in [-0.39, 0.29) is 5.54 Å². The van der Waals surface area contributed by atoms with Crippen LogP contribution in [0.1, 0.15) is 27.2 Å². The number of hydrogen-bond donors (Lipinski definition) is 1. The van der Waals surface area contributed by atoms with Gasteiger partial charge in [-0.25, -0.2) is 9.97 Å². The quantitative estimate of drug-likeness (QED) is 0.761. The summed E-state index contributed by atoms with van der Waals surface area (Å²) >= 11 is 5.73. The van der Waals surface area contributed by atoms with Gasteiger partial charge in [0.15, 0.2) is 0 Å². The lowest BCUT2D eigenvalue weighted by molar-refractivity contribution is 0.545. The molecule has 0 aliphatic rings. The average molecular weight is 200 g/mol. The molecule has 1 aromatic heterocycles. The van der Waals surface area contributed by atoms with E-state index < -0.39 is 0 Å². The van der Waals surface area contributed by atoms with E-state index in [0.29, 0.717) is 5.15 Å². The number of rotatable bonds is 3. The van der Waals surface area contributed by atoms with Crippen molar-refractivity contribution in [1.29, 1.82) is 0 Å². The summed E-state index contributed by atoms with van der Waals surface area (Å²) in [5, 5.41) is 3.74. The Morgan fingerprint density at radius 2 is 2.15 bits per heavy atom. The lowest BCUT2D eigenvalue weighted by atomic mass is 10.0. The lowest BCUT2D eigenvalue weighted by Gasteiger charge is -2.24. The molecule has 0 aliphatic heterocycles. The fourth-order valence-electron chi connectivity index (χ4n) is 0.837. The van der Waals surface area contributed by atoms with Gasteiger partial charge in [-0.15, -0.1) is 0 Å². The second kappa shape index (κ2) is 3.92. The molecule has 0 unspecified atom stereocenters. The van der Waals surface area contributed by atoms with Crippen LogP contribution in [0.5, 0.6) is 0 Å². The van der Waals surface area contributed by atoms with Crippen LogP contribution in [0.25, 0.3) is 0 Å². The van der Waals surface area contributed by atoms with Gasteiger partial charge in [-0.3, -0.25) is 0 Å². The summed E-state index contributed by atoms with van der Waals surface area (Å²) in [4.78, 5) is 7.88. The van der Waals surface area contributed by atoms with Crippen molar-refractivity contribution in [2.75, 3.05) is 5.32 Å². The Balaban J connectivity index is 2.74. The first-order valence-corrected chi connectivity index (χ1v) is 4.67. The first-order valence-electron chi connectivity index (χ1n) is 4.29. The molecule has 1 rings (SSSR count). The Bertz CT molecular complexity index is 286. The third-order valence-electron chi connectivity index (χ3n) is 1.98. The van der Waals surface area contributed by atoms with Crippen LogP contribution in [0.3, 0.4) is 0 Å². The first-order chi connectivity index (χ1) is 6.03. The van der Waals surface area contributed by atoms with Crippen molar-refractivity contribution in [2.24, 2.45) is 0 Å². The summed E-state index contributed by atoms with van der Waals surface area (Å²) in [7, 11) is 0. The van der Waals surface area contributed by atoms with Gasteiger partial charge in [0.25, 0.3) is 0 Å². The highest BCUT2D eigenvalue weighted by Crippen LogP contribution is 2.17. The van der Waals surface area contributed by atoms with Crippen molar-refractivity contribution in [3.63, 3.8) is 0 Å². The summed E-state index contributed by atoms with van der Waals surface area (Å²) in [6.07, 6.45) is 2.48.